The molecule has 0 radical (unpaired) electrons. The van der Waals surface area contributed by atoms with Crippen LogP contribution in [0.3, 0.4) is 0 Å². The second kappa shape index (κ2) is 6.69. The number of nitrogens with zero attached hydrogens (tertiary/aromatic N) is 2. The standard InChI is InChI=1S/C19H17N3OS3/c1-10-7-12(8-16-17(23)21-19(24)26-16)11(2)22(10)18-14(9-20)13-5-3-4-6-15(13)25-18/h7-8H,3-6H2,1-2H3,(H,21,23,24)/b16-8-. The van der Waals surface area contributed by atoms with E-state index in [0.717, 1.165) is 46.8 Å². The zero-order valence-electron chi connectivity index (χ0n) is 14.5. The Morgan fingerprint density at radius 2 is 2.12 bits per heavy atom. The minimum absolute atomic E-state index is 0.144. The van der Waals surface area contributed by atoms with Gasteiger partial charge in [-0.1, -0.05) is 24.0 Å². The Balaban J connectivity index is 1.83. The summed E-state index contributed by atoms with van der Waals surface area (Å²) in [6.07, 6.45) is 6.31. The molecule has 0 spiro atoms. The third-order valence-electron chi connectivity index (χ3n) is 4.87. The molecule has 7 heteroatoms. The minimum atomic E-state index is -0.144. The second-order valence-corrected chi connectivity index (χ2v) is 9.32. The highest BCUT2D eigenvalue weighted by molar-refractivity contribution is 8.26. The van der Waals surface area contributed by atoms with Crippen LogP contribution in [0.25, 0.3) is 11.1 Å². The molecule has 3 heterocycles. The highest BCUT2D eigenvalue weighted by atomic mass is 32.2. The predicted octanol–water partition coefficient (Wildman–Crippen LogP) is 4.39. The van der Waals surface area contributed by atoms with Gasteiger partial charge in [0.25, 0.3) is 5.91 Å². The SMILES string of the molecule is Cc1cc(/C=C2\SC(=S)NC2=O)c(C)n1-c1sc2c(c1C#N)CCCC2. The Morgan fingerprint density at radius 1 is 1.35 bits per heavy atom. The average Bonchev–Trinajstić information content (AvgIpc) is 3.21. The molecule has 0 saturated carbocycles. The van der Waals surface area contributed by atoms with Gasteiger partial charge in [0.05, 0.1) is 10.5 Å². The van der Waals surface area contributed by atoms with Crippen molar-refractivity contribution in [1.82, 2.24) is 9.88 Å². The Bertz CT molecular complexity index is 1020. The van der Waals surface area contributed by atoms with Crippen molar-refractivity contribution in [3.63, 3.8) is 0 Å². The normalized spacial score (nSPS) is 18.1. The van der Waals surface area contributed by atoms with E-state index < -0.39 is 0 Å². The van der Waals surface area contributed by atoms with Crippen molar-refractivity contribution in [1.29, 1.82) is 5.26 Å². The average molecular weight is 400 g/mol. The number of carbonyl (C=O) groups is 1. The van der Waals surface area contributed by atoms with E-state index in [1.807, 2.05) is 19.9 Å². The van der Waals surface area contributed by atoms with Crippen molar-refractivity contribution >= 4 is 51.6 Å². The van der Waals surface area contributed by atoms with Crippen LogP contribution in [0.2, 0.25) is 0 Å². The number of hydrogen-bond acceptors (Lipinski definition) is 5. The van der Waals surface area contributed by atoms with Gasteiger partial charge in [0.1, 0.15) is 15.4 Å². The van der Waals surface area contributed by atoms with Crippen LogP contribution in [-0.2, 0) is 17.6 Å². The van der Waals surface area contributed by atoms with Gasteiger partial charge in [-0.2, -0.15) is 5.26 Å². The molecule has 132 valence electrons. The lowest BCUT2D eigenvalue weighted by Gasteiger charge is -2.10. The Hall–Kier alpha value is -1.88. The van der Waals surface area contributed by atoms with Gasteiger partial charge in [-0.05, 0) is 62.8 Å². The summed E-state index contributed by atoms with van der Waals surface area (Å²) < 4.78 is 2.65. The van der Waals surface area contributed by atoms with E-state index in [-0.39, 0.29) is 5.91 Å². The lowest BCUT2D eigenvalue weighted by Crippen LogP contribution is -2.17. The maximum absolute atomic E-state index is 12.0. The minimum Gasteiger partial charge on any atom is -0.308 e. The van der Waals surface area contributed by atoms with Crippen LogP contribution in [0.4, 0.5) is 0 Å². The number of carbonyl (C=O) groups excluding carboxylic acids is 1. The van der Waals surface area contributed by atoms with Crippen LogP contribution >= 0.6 is 35.3 Å². The summed E-state index contributed by atoms with van der Waals surface area (Å²) in [5, 5.41) is 13.4. The van der Waals surface area contributed by atoms with Gasteiger partial charge in [-0.3, -0.25) is 4.79 Å². The molecule has 1 N–H and O–H groups in total. The van der Waals surface area contributed by atoms with E-state index in [2.05, 4.69) is 22.0 Å². The summed E-state index contributed by atoms with van der Waals surface area (Å²) in [5.74, 6) is -0.144. The number of thiocarbonyl (C=S) groups is 1. The highest BCUT2D eigenvalue weighted by Gasteiger charge is 2.25. The maximum atomic E-state index is 12.0. The van der Waals surface area contributed by atoms with Crippen molar-refractivity contribution < 1.29 is 4.79 Å². The fourth-order valence-electron chi connectivity index (χ4n) is 3.63. The number of hydrogen-bond donors (Lipinski definition) is 1. The van der Waals surface area contributed by atoms with Gasteiger partial charge >= 0.3 is 0 Å². The first kappa shape index (κ1) is 17.5. The van der Waals surface area contributed by atoms with Crippen LogP contribution in [0.1, 0.15) is 45.8 Å². The molecule has 4 nitrogen and oxygen atoms in total. The molecule has 2 aromatic rings. The molecular weight excluding hydrogens is 382 g/mol. The number of thiophene rings is 1. The Labute approximate surface area is 165 Å². The van der Waals surface area contributed by atoms with Crippen LogP contribution in [-0.4, -0.2) is 14.8 Å². The first-order valence-electron chi connectivity index (χ1n) is 8.48. The summed E-state index contributed by atoms with van der Waals surface area (Å²) in [4.78, 5) is 13.9. The number of amides is 1. The number of rotatable bonds is 2. The van der Waals surface area contributed by atoms with E-state index in [1.165, 1.54) is 28.6 Å². The molecule has 0 aromatic carbocycles. The van der Waals surface area contributed by atoms with Crippen molar-refractivity contribution in [2.45, 2.75) is 39.5 Å². The van der Waals surface area contributed by atoms with E-state index >= 15 is 0 Å². The molecule has 1 saturated heterocycles. The zero-order valence-corrected chi connectivity index (χ0v) is 17.0. The summed E-state index contributed by atoms with van der Waals surface area (Å²) in [6, 6.07) is 4.51. The third-order valence-corrected chi connectivity index (χ3v) is 7.31. The largest absolute Gasteiger partial charge is 0.308 e. The lowest BCUT2D eigenvalue weighted by molar-refractivity contribution is -0.115. The highest BCUT2D eigenvalue weighted by Crippen LogP contribution is 2.38. The molecule has 0 bridgehead atoms. The molecule has 0 unspecified atom stereocenters. The maximum Gasteiger partial charge on any atom is 0.263 e. The molecule has 1 aliphatic heterocycles. The number of fused-ring (bicyclic) bond motifs is 1. The number of nitrogens with one attached hydrogen (secondary N) is 1. The van der Waals surface area contributed by atoms with Gasteiger partial charge in [-0.25, -0.2) is 0 Å². The van der Waals surface area contributed by atoms with Gasteiger partial charge < -0.3 is 9.88 Å². The quantitative estimate of drug-likeness (QED) is 0.601. The van der Waals surface area contributed by atoms with Gasteiger partial charge in [0.15, 0.2) is 0 Å². The van der Waals surface area contributed by atoms with Crippen LogP contribution in [0.15, 0.2) is 11.0 Å². The van der Waals surface area contributed by atoms with Crippen LogP contribution in [0.5, 0.6) is 0 Å². The topological polar surface area (TPSA) is 57.8 Å². The molecule has 1 amide bonds. The smallest absolute Gasteiger partial charge is 0.263 e. The van der Waals surface area contributed by atoms with Crippen molar-refractivity contribution in [3.05, 3.63) is 43.9 Å². The summed E-state index contributed by atoms with van der Waals surface area (Å²) in [5.41, 5.74) is 5.15. The predicted molar refractivity (Wildman–Crippen MR) is 111 cm³/mol. The molecule has 2 aliphatic rings. The van der Waals surface area contributed by atoms with E-state index in [9.17, 15) is 10.1 Å². The summed E-state index contributed by atoms with van der Waals surface area (Å²) in [6.45, 7) is 4.08. The number of aryl methyl sites for hydroxylation is 2. The van der Waals surface area contributed by atoms with Gasteiger partial charge in [0.2, 0.25) is 0 Å². The molecule has 26 heavy (non-hydrogen) atoms. The van der Waals surface area contributed by atoms with Crippen molar-refractivity contribution in [2.75, 3.05) is 0 Å². The van der Waals surface area contributed by atoms with E-state index in [0.29, 0.717) is 9.23 Å². The first-order valence-corrected chi connectivity index (χ1v) is 10.5. The number of thioether (sulfide) groups is 1. The molecule has 1 fully saturated rings. The second-order valence-electron chi connectivity index (χ2n) is 6.52. The number of nitriles is 1. The summed E-state index contributed by atoms with van der Waals surface area (Å²) >= 11 is 8.09. The van der Waals surface area contributed by atoms with Crippen molar-refractivity contribution in [2.24, 2.45) is 0 Å². The van der Waals surface area contributed by atoms with E-state index in [4.69, 9.17) is 12.2 Å². The fourth-order valence-corrected chi connectivity index (χ4v) is 6.12. The lowest BCUT2D eigenvalue weighted by atomic mass is 9.96. The number of aromatic nitrogens is 1. The Kier molecular flexibility index (Phi) is 4.51. The third kappa shape index (κ3) is 2.82. The molecule has 2 aromatic heterocycles. The first-order chi connectivity index (χ1) is 12.5. The molecule has 1 aliphatic carbocycles. The molecule has 4 rings (SSSR count). The van der Waals surface area contributed by atoms with Crippen LogP contribution < -0.4 is 5.32 Å². The van der Waals surface area contributed by atoms with Crippen molar-refractivity contribution in [3.8, 4) is 11.1 Å². The summed E-state index contributed by atoms with van der Waals surface area (Å²) in [7, 11) is 0. The molecular formula is C19H17N3OS3. The van der Waals surface area contributed by atoms with E-state index in [1.54, 1.807) is 11.3 Å². The van der Waals surface area contributed by atoms with Crippen LogP contribution in [0, 0.1) is 25.2 Å². The zero-order chi connectivity index (χ0) is 18.4. The Morgan fingerprint density at radius 3 is 2.81 bits per heavy atom. The van der Waals surface area contributed by atoms with Gasteiger partial charge in [0, 0.05) is 16.3 Å². The fraction of sp³-hybridized carbons (Fsp3) is 0.316. The van der Waals surface area contributed by atoms with Gasteiger partial charge in [-0.15, -0.1) is 11.3 Å². The molecule has 0 atom stereocenters. The monoisotopic (exact) mass is 399 g/mol.